The largest absolute Gasteiger partial charge is 0.390 e. The van der Waals surface area contributed by atoms with Crippen LogP contribution < -0.4 is 4.90 Å². The highest BCUT2D eigenvalue weighted by atomic mass is 35.5. The number of piperidine rings is 1. The molecule has 1 unspecified atom stereocenters. The van der Waals surface area contributed by atoms with Crippen molar-refractivity contribution in [3.8, 4) is 0 Å². The van der Waals surface area contributed by atoms with Crippen molar-refractivity contribution in [1.29, 1.82) is 0 Å². The van der Waals surface area contributed by atoms with E-state index in [1.54, 1.807) is 0 Å². The van der Waals surface area contributed by atoms with Crippen molar-refractivity contribution in [2.45, 2.75) is 25.5 Å². The second-order valence-corrected chi connectivity index (χ2v) is 5.37. The van der Waals surface area contributed by atoms with Gasteiger partial charge in [-0.1, -0.05) is 11.6 Å². The third-order valence-electron chi connectivity index (χ3n) is 3.50. The molecule has 2 rings (SSSR count). The molecule has 0 aliphatic carbocycles. The lowest BCUT2D eigenvalue weighted by Gasteiger charge is -2.36. The van der Waals surface area contributed by atoms with Crippen LogP contribution in [-0.4, -0.2) is 48.2 Å². The summed E-state index contributed by atoms with van der Waals surface area (Å²) in [6, 6.07) is 4.31. The van der Waals surface area contributed by atoms with E-state index in [9.17, 15) is 5.11 Å². The van der Waals surface area contributed by atoms with Crippen LogP contribution in [0.5, 0.6) is 0 Å². The Kier molecular flexibility index (Phi) is 4.43. The number of rotatable bonds is 3. The second-order valence-electron chi connectivity index (χ2n) is 4.96. The van der Waals surface area contributed by atoms with Crippen molar-refractivity contribution in [3.05, 3.63) is 22.8 Å². The van der Waals surface area contributed by atoms with Crippen LogP contribution in [0.4, 0.5) is 5.82 Å². The first kappa shape index (κ1) is 13.6. The molecule has 1 N–H and O–H groups in total. The van der Waals surface area contributed by atoms with Crippen molar-refractivity contribution < 1.29 is 5.11 Å². The number of pyridine rings is 1. The van der Waals surface area contributed by atoms with Gasteiger partial charge in [0.2, 0.25) is 0 Å². The van der Waals surface area contributed by atoms with Crippen molar-refractivity contribution >= 4 is 17.4 Å². The van der Waals surface area contributed by atoms with E-state index in [-0.39, 0.29) is 6.61 Å². The fourth-order valence-electron chi connectivity index (χ4n) is 2.34. The van der Waals surface area contributed by atoms with Crippen LogP contribution in [0.2, 0.25) is 5.02 Å². The lowest BCUT2D eigenvalue weighted by Crippen LogP contribution is -2.45. The van der Waals surface area contributed by atoms with Crippen LogP contribution in [0.1, 0.15) is 18.5 Å². The summed E-state index contributed by atoms with van der Waals surface area (Å²) < 4.78 is 0. The highest BCUT2D eigenvalue weighted by Gasteiger charge is 2.22. The molecule has 5 heteroatoms. The zero-order chi connectivity index (χ0) is 13.1. The lowest BCUT2D eigenvalue weighted by molar-refractivity contribution is 0.257. The predicted octanol–water partition coefficient (Wildman–Crippen LogP) is 1.76. The van der Waals surface area contributed by atoms with Crippen molar-refractivity contribution in [1.82, 2.24) is 9.88 Å². The van der Waals surface area contributed by atoms with Gasteiger partial charge in [-0.15, -0.1) is 0 Å². The molecule has 1 aliphatic rings. The van der Waals surface area contributed by atoms with Crippen LogP contribution in [0.25, 0.3) is 0 Å². The molecule has 0 spiro atoms. The van der Waals surface area contributed by atoms with Gasteiger partial charge >= 0.3 is 0 Å². The molecule has 0 saturated carbocycles. The van der Waals surface area contributed by atoms with E-state index in [2.05, 4.69) is 28.9 Å². The molecule has 1 aromatic heterocycles. The standard InChI is InChI=1S/C13H20ClN3O/c1-16(2)10-4-3-7-17(8-10)13-6-5-11(14)12(9-18)15-13/h5-6,10,18H,3-4,7-9H2,1-2H3. The first-order valence-electron chi connectivity index (χ1n) is 6.29. The zero-order valence-electron chi connectivity index (χ0n) is 10.9. The summed E-state index contributed by atoms with van der Waals surface area (Å²) >= 11 is 5.97. The van der Waals surface area contributed by atoms with Crippen LogP contribution in [-0.2, 0) is 6.61 Å². The molecule has 1 fully saturated rings. The zero-order valence-corrected chi connectivity index (χ0v) is 11.7. The number of aromatic nitrogens is 1. The van der Waals surface area contributed by atoms with Crippen molar-refractivity contribution in [2.75, 3.05) is 32.1 Å². The van der Waals surface area contributed by atoms with Crippen LogP contribution in [0, 0.1) is 0 Å². The number of aliphatic hydroxyl groups excluding tert-OH is 1. The molecule has 0 bridgehead atoms. The SMILES string of the molecule is CN(C)C1CCCN(c2ccc(Cl)c(CO)n2)C1. The average Bonchev–Trinajstić information content (AvgIpc) is 2.39. The van der Waals surface area contributed by atoms with E-state index in [0.717, 1.165) is 18.9 Å². The molecule has 100 valence electrons. The van der Waals surface area contributed by atoms with Gasteiger partial charge in [-0.25, -0.2) is 4.98 Å². The Labute approximate surface area is 113 Å². The highest BCUT2D eigenvalue weighted by molar-refractivity contribution is 6.31. The minimum atomic E-state index is -0.113. The van der Waals surface area contributed by atoms with Crippen LogP contribution in [0.15, 0.2) is 12.1 Å². The van der Waals surface area contributed by atoms with E-state index in [1.807, 2.05) is 12.1 Å². The summed E-state index contributed by atoms with van der Waals surface area (Å²) in [5.41, 5.74) is 0.557. The summed E-state index contributed by atoms with van der Waals surface area (Å²) in [6.07, 6.45) is 2.39. The third-order valence-corrected chi connectivity index (χ3v) is 3.85. The average molecular weight is 270 g/mol. The molecule has 0 aromatic carbocycles. The van der Waals surface area contributed by atoms with E-state index in [4.69, 9.17) is 11.6 Å². The number of aliphatic hydroxyl groups is 1. The quantitative estimate of drug-likeness (QED) is 0.908. The van der Waals surface area contributed by atoms with E-state index in [0.29, 0.717) is 16.8 Å². The predicted molar refractivity (Wildman–Crippen MR) is 74.1 cm³/mol. The van der Waals surface area contributed by atoms with Gasteiger partial charge in [0, 0.05) is 19.1 Å². The molecule has 0 radical (unpaired) electrons. The molecule has 4 nitrogen and oxygen atoms in total. The third kappa shape index (κ3) is 2.94. The summed E-state index contributed by atoms with van der Waals surface area (Å²) in [4.78, 5) is 8.96. The fourth-order valence-corrected chi connectivity index (χ4v) is 2.51. The minimum Gasteiger partial charge on any atom is -0.390 e. The van der Waals surface area contributed by atoms with Crippen LogP contribution in [0.3, 0.4) is 0 Å². The Morgan fingerprint density at radius 3 is 2.94 bits per heavy atom. The van der Waals surface area contributed by atoms with E-state index < -0.39 is 0 Å². The maximum atomic E-state index is 9.21. The topological polar surface area (TPSA) is 39.6 Å². The molecule has 1 saturated heterocycles. The van der Waals surface area contributed by atoms with Gasteiger partial charge in [-0.2, -0.15) is 0 Å². The first-order valence-corrected chi connectivity index (χ1v) is 6.67. The number of hydrogen-bond acceptors (Lipinski definition) is 4. The fraction of sp³-hybridized carbons (Fsp3) is 0.615. The van der Waals surface area contributed by atoms with Gasteiger partial charge in [0.05, 0.1) is 17.3 Å². The number of halogens is 1. The lowest BCUT2D eigenvalue weighted by atomic mass is 10.0. The molecular formula is C13H20ClN3O. The van der Waals surface area contributed by atoms with Gasteiger partial charge in [-0.05, 0) is 39.1 Å². The smallest absolute Gasteiger partial charge is 0.129 e. The number of hydrogen-bond donors (Lipinski definition) is 1. The van der Waals surface area contributed by atoms with E-state index >= 15 is 0 Å². The van der Waals surface area contributed by atoms with Gasteiger partial charge < -0.3 is 14.9 Å². The molecule has 2 heterocycles. The molecule has 1 aromatic rings. The van der Waals surface area contributed by atoms with Gasteiger partial charge in [0.1, 0.15) is 5.82 Å². The Bertz CT molecular complexity index is 411. The monoisotopic (exact) mass is 269 g/mol. The normalized spacial score (nSPS) is 20.5. The number of likely N-dealkylation sites (N-methyl/N-ethyl adjacent to an activating group) is 1. The van der Waals surface area contributed by atoms with Crippen molar-refractivity contribution in [2.24, 2.45) is 0 Å². The highest BCUT2D eigenvalue weighted by Crippen LogP contribution is 2.23. The summed E-state index contributed by atoms with van der Waals surface area (Å²) in [6.45, 7) is 1.88. The first-order chi connectivity index (χ1) is 8.61. The maximum absolute atomic E-state index is 9.21. The molecule has 0 amide bonds. The number of nitrogens with zero attached hydrogens (tertiary/aromatic N) is 3. The maximum Gasteiger partial charge on any atom is 0.129 e. The summed E-state index contributed by atoms with van der Waals surface area (Å²) in [7, 11) is 4.23. The van der Waals surface area contributed by atoms with Gasteiger partial charge in [0.15, 0.2) is 0 Å². The van der Waals surface area contributed by atoms with E-state index in [1.165, 1.54) is 12.8 Å². The summed E-state index contributed by atoms with van der Waals surface area (Å²) in [5.74, 6) is 0.912. The molecule has 1 aliphatic heterocycles. The Morgan fingerprint density at radius 1 is 1.50 bits per heavy atom. The number of anilines is 1. The van der Waals surface area contributed by atoms with Crippen LogP contribution >= 0.6 is 11.6 Å². The Balaban J connectivity index is 2.15. The summed E-state index contributed by atoms with van der Waals surface area (Å²) in [5, 5.41) is 9.74. The van der Waals surface area contributed by atoms with Crippen molar-refractivity contribution in [3.63, 3.8) is 0 Å². The molecule has 1 atom stereocenters. The van der Waals surface area contributed by atoms with Gasteiger partial charge in [-0.3, -0.25) is 0 Å². The Hall–Kier alpha value is -0.840. The Morgan fingerprint density at radius 2 is 2.28 bits per heavy atom. The second kappa shape index (κ2) is 5.87. The molecular weight excluding hydrogens is 250 g/mol. The minimum absolute atomic E-state index is 0.113. The van der Waals surface area contributed by atoms with Gasteiger partial charge in [0.25, 0.3) is 0 Å². The molecule has 18 heavy (non-hydrogen) atoms.